The van der Waals surface area contributed by atoms with E-state index in [1.165, 1.54) is 32.4 Å². The lowest BCUT2D eigenvalue weighted by molar-refractivity contribution is 0.183. The molecule has 5 rings (SSSR count). The van der Waals surface area contributed by atoms with E-state index in [1.807, 2.05) is 43.3 Å². The minimum atomic E-state index is 0. The van der Waals surface area contributed by atoms with E-state index in [4.69, 9.17) is 4.74 Å². The SMILES string of the molecule is Cc1c(-c2ccccc2O)n(Cc2ccc(OCCN3CCCCC3)cc2)c2ccc(O)cc12.Cl. The van der Waals surface area contributed by atoms with E-state index in [0.29, 0.717) is 13.2 Å². The molecule has 2 N–H and O–H groups in total. The second-order valence-electron chi connectivity index (χ2n) is 9.17. The van der Waals surface area contributed by atoms with Crippen LogP contribution in [0.15, 0.2) is 66.7 Å². The minimum absolute atomic E-state index is 0. The molecule has 1 fully saturated rings. The van der Waals surface area contributed by atoms with Crippen molar-refractivity contribution in [1.82, 2.24) is 9.47 Å². The van der Waals surface area contributed by atoms with E-state index in [2.05, 4.69) is 21.6 Å². The van der Waals surface area contributed by atoms with Crippen molar-refractivity contribution in [2.75, 3.05) is 26.2 Å². The Morgan fingerprint density at radius 1 is 0.886 bits per heavy atom. The fourth-order valence-corrected chi connectivity index (χ4v) is 5.04. The van der Waals surface area contributed by atoms with Gasteiger partial charge >= 0.3 is 0 Å². The summed E-state index contributed by atoms with van der Waals surface area (Å²) in [5.41, 5.74) is 4.94. The molecule has 4 aromatic rings. The lowest BCUT2D eigenvalue weighted by Gasteiger charge is -2.26. The van der Waals surface area contributed by atoms with Crippen molar-refractivity contribution in [3.8, 4) is 28.5 Å². The fourth-order valence-electron chi connectivity index (χ4n) is 5.04. The maximum Gasteiger partial charge on any atom is 0.124 e. The van der Waals surface area contributed by atoms with E-state index in [-0.39, 0.29) is 23.9 Å². The molecule has 6 heteroatoms. The number of hydrogen-bond donors (Lipinski definition) is 2. The minimum Gasteiger partial charge on any atom is -0.508 e. The number of hydrogen-bond acceptors (Lipinski definition) is 4. The molecule has 1 aliphatic rings. The molecule has 5 nitrogen and oxygen atoms in total. The van der Waals surface area contributed by atoms with Crippen LogP contribution >= 0.6 is 12.4 Å². The Morgan fingerprint density at radius 2 is 1.63 bits per heavy atom. The van der Waals surface area contributed by atoms with Gasteiger partial charge in [-0.1, -0.05) is 30.7 Å². The van der Waals surface area contributed by atoms with Gasteiger partial charge in [0, 0.05) is 29.6 Å². The molecule has 2 heterocycles. The number of fused-ring (bicyclic) bond motifs is 1. The Labute approximate surface area is 213 Å². The summed E-state index contributed by atoms with van der Waals surface area (Å²) in [5, 5.41) is 21.7. The van der Waals surface area contributed by atoms with Gasteiger partial charge in [0.1, 0.15) is 23.9 Å². The fraction of sp³-hybridized carbons (Fsp3) is 0.310. The maximum absolute atomic E-state index is 10.6. The monoisotopic (exact) mass is 492 g/mol. The van der Waals surface area contributed by atoms with Crippen molar-refractivity contribution >= 4 is 23.3 Å². The van der Waals surface area contributed by atoms with Crippen LogP contribution in [0.3, 0.4) is 0 Å². The van der Waals surface area contributed by atoms with Crippen molar-refractivity contribution in [1.29, 1.82) is 0 Å². The first-order chi connectivity index (χ1) is 16.6. The molecule has 0 aliphatic carbocycles. The Bertz CT molecular complexity index is 1280. The highest BCUT2D eigenvalue weighted by molar-refractivity contribution is 5.93. The van der Waals surface area contributed by atoms with Crippen molar-refractivity contribution in [2.45, 2.75) is 32.7 Å². The molecule has 0 saturated carbocycles. The van der Waals surface area contributed by atoms with Gasteiger partial charge in [0.25, 0.3) is 0 Å². The quantitative estimate of drug-likeness (QED) is 0.315. The van der Waals surface area contributed by atoms with E-state index in [0.717, 1.165) is 45.6 Å². The summed E-state index contributed by atoms with van der Waals surface area (Å²) in [4.78, 5) is 2.48. The summed E-state index contributed by atoms with van der Waals surface area (Å²) < 4.78 is 8.21. The zero-order valence-electron chi connectivity index (χ0n) is 20.1. The van der Waals surface area contributed by atoms with Crippen LogP contribution in [-0.4, -0.2) is 45.9 Å². The average molecular weight is 493 g/mol. The predicted molar refractivity (Wildman–Crippen MR) is 144 cm³/mol. The van der Waals surface area contributed by atoms with Crippen LogP contribution < -0.4 is 4.74 Å². The van der Waals surface area contributed by atoms with Crippen LogP contribution in [0, 0.1) is 6.92 Å². The van der Waals surface area contributed by atoms with Crippen molar-refractivity contribution in [2.24, 2.45) is 0 Å². The van der Waals surface area contributed by atoms with Crippen LogP contribution in [-0.2, 0) is 6.54 Å². The van der Waals surface area contributed by atoms with Crippen LogP contribution in [0.25, 0.3) is 22.2 Å². The topological polar surface area (TPSA) is 57.9 Å². The normalized spacial score (nSPS) is 14.1. The van der Waals surface area contributed by atoms with E-state index < -0.39 is 0 Å². The number of halogens is 1. The van der Waals surface area contributed by atoms with Gasteiger partial charge in [-0.25, -0.2) is 0 Å². The molecule has 184 valence electrons. The highest BCUT2D eigenvalue weighted by Crippen LogP contribution is 2.39. The smallest absolute Gasteiger partial charge is 0.124 e. The Balaban J connectivity index is 0.00000289. The molecule has 0 unspecified atom stereocenters. The van der Waals surface area contributed by atoms with Crippen LogP contribution in [0.4, 0.5) is 0 Å². The number of aromatic nitrogens is 1. The molecule has 1 aromatic heterocycles. The molecule has 0 atom stereocenters. The molecule has 0 amide bonds. The van der Waals surface area contributed by atoms with Gasteiger partial charge in [-0.05, 0) is 86.4 Å². The number of para-hydroxylation sites is 1. The Kier molecular flexibility index (Phi) is 7.89. The summed E-state index contributed by atoms with van der Waals surface area (Å²) in [6.45, 7) is 6.74. The number of phenolic OH excluding ortho intramolecular Hbond substituents is 2. The standard InChI is InChI=1S/C29H32N2O3.ClH/c1-21-26-19-23(32)11-14-27(26)31(29(21)25-7-3-4-8-28(25)33)20-22-9-12-24(13-10-22)34-18-17-30-15-5-2-6-16-30;/h3-4,7-14,19,32-33H,2,5-6,15-18,20H2,1H3;1H. The van der Waals surface area contributed by atoms with E-state index in [9.17, 15) is 10.2 Å². The molecule has 3 aromatic carbocycles. The summed E-state index contributed by atoms with van der Waals surface area (Å²) in [6, 6.07) is 21.1. The van der Waals surface area contributed by atoms with Gasteiger partial charge in [-0.3, -0.25) is 4.90 Å². The third-order valence-corrected chi connectivity index (χ3v) is 6.85. The highest BCUT2D eigenvalue weighted by atomic mass is 35.5. The zero-order valence-corrected chi connectivity index (χ0v) is 20.9. The second-order valence-corrected chi connectivity index (χ2v) is 9.17. The molecule has 1 saturated heterocycles. The van der Waals surface area contributed by atoms with Crippen molar-refractivity contribution in [3.63, 3.8) is 0 Å². The largest absolute Gasteiger partial charge is 0.508 e. The first-order valence-corrected chi connectivity index (χ1v) is 12.1. The lowest BCUT2D eigenvalue weighted by Crippen LogP contribution is -2.33. The number of aryl methyl sites for hydroxylation is 1. The van der Waals surface area contributed by atoms with E-state index >= 15 is 0 Å². The van der Waals surface area contributed by atoms with Gasteiger partial charge in [0.2, 0.25) is 0 Å². The first kappa shape index (κ1) is 25.0. The summed E-state index contributed by atoms with van der Waals surface area (Å²) in [7, 11) is 0. The first-order valence-electron chi connectivity index (χ1n) is 12.1. The molecule has 35 heavy (non-hydrogen) atoms. The number of likely N-dealkylation sites (tertiary alicyclic amines) is 1. The number of phenols is 2. The third-order valence-electron chi connectivity index (χ3n) is 6.85. The maximum atomic E-state index is 10.6. The number of benzene rings is 3. The number of nitrogens with zero attached hydrogens (tertiary/aromatic N) is 2. The zero-order chi connectivity index (χ0) is 23.5. The Morgan fingerprint density at radius 3 is 2.37 bits per heavy atom. The molecular weight excluding hydrogens is 460 g/mol. The summed E-state index contributed by atoms with van der Waals surface area (Å²) in [6.07, 6.45) is 3.94. The summed E-state index contributed by atoms with van der Waals surface area (Å²) in [5.74, 6) is 1.37. The summed E-state index contributed by atoms with van der Waals surface area (Å²) >= 11 is 0. The Hall–Kier alpha value is -3.15. The highest BCUT2D eigenvalue weighted by Gasteiger charge is 2.19. The van der Waals surface area contributed by atoms with Gasteiger partial charge in [-0.15, -0.1) is 12.4 Å². The molecular formula is C29H33ClN2O3. The second kappa shape index (κ2) is 11.1. The van der Waals surface area contributed by atoms with E-state index in [1.54, 1.807) is 18.2 Å². The average Bonchev–Trinajstić information content (AvgIpc) is 3.12. The third kappa shape index (κ3) is 5.42. The number of rotatable bonds is 7. The van der Waals surface area contributed by atoms with Crippen molar-refractivity contribution in [3.05, 3.63) is 77.9 Å². The van der Waals surface area contributed by atoms with Crippen LogP contribution in [0.2, 0.25) is 0 Å². The molecule has 1 aliphatic heterocycles. The van der Waals surface area contributed by atoms with Gasteiger partial charge < -0.3 is 19.5 Å². The van der Waals surface area contributed by atoms with Crippen molar-refractivity contribution < 1.29 is 14.9 Å². The number of ether oxygens (including phenoxy) is 1. The number of aromatic hydroxyl groups is 2. The van der Waals surface area contributed by atoms with Gasteiger partial charge in [0.15, 0.2) is 0 Å². The predicted octanol–water partition coefficient (Wildman–Crippen LogP) is 6.36. The van der Waals surface area contributed by atoms with Crippen LogP contribution in [0.5, 0.6) is 17.2 Å². The lowest BCUT2D eigenvalue weighted by atomic mass is 10.1. The molecule has 0 radical (unpaired) electrons. The molecule has 0 spiro atoms. The molecule has 0 bridgehead atoms. The van der Waals surface area contributed by atoms with Gasteiger partial charge in [0.05, 0.1) is 5.69 Å². The number of piperidine rings is 1. The van der Waals surface area contributed by atoms with Crippen LogP contribution in [0.1, 0.15) is 30.4 Å². The van der Waals surface area contributed by atoms with Gasteiger partial charge in [-0.2, -0.15) is 0 Å².